The van der Waals surface area contributed by atoms with Crippen molar-refractivity contribution in [3.05, 3.63) is 29.6 Å². The molecule has 1 heterocycles. The molecule has 0 amide bonds. The highest BCUT2D eigenvalue weighted by Gasteiger charge is 2.33. The van der Waals surface area contributed by atoms with Crippen LogP contribution in [0.5, 0.6) is 0 Å². The first-order valence-electron chi connectivity index (χ1n) is 7.46. The minimum atomic E-state index is -1.39. The minimum absolute atomic E-state index is 0.0550. The zero-order valence-corrected chi connectivity index (χ0v) is 13.0. The Hall–Kier alpha value is -1.23. The summed E-state index contributed by atoms with van der Waals surface area (Å²) in [5.74, 6) is -2.97. The molecule has 0 radical (unpaired) electrons. The van der Waals surface area contributed by atoms with E-state index in [0.29, 0.717) is 19.0 Å². The second kappa shape index (κ2) is 6.26. The van der Waals surface area contributed by atoms with Gasteiger partial charge in [-0.25, -0.2) is 13.2 Å². The second-order valence-corrected chi connectivity index (χ2v) is 6.42. The number of piperazine rings is 1. The van der Waals surface area contributed by atoms with Gasteiger partial charge >= 0.3 is 0 Å². The Labute approximate surface area is 124 Å². The largest absolute Gasteiger partial charge is 0.363 e. The molecular weight excluding hydrogens is 277 g/mol. The van der Waals surface area contributed by atoms with E-state index in [9.17, 15) is 13.2 Å². The molecule has 0 aliphatic carbocycles. The highest BCUT2D eigenvalue weighted by Crippen LogP contribution is 2.29. The van der Waals surface area contributed by atoms with Crippen molar-refractivity contribution < 1.29 is 13.2 Å². The summed E-state index contributed by atoms with van der Waals surface area (Å²) in [5, 5.41) is 3.46. The zero-order chi connectivity index (χ0) is 15.7. The molecule has 5 heteroatoms. The molecule has 1 aliphatic heterocycles. The highest BCUT2D eigenvalue weighted by atomic mass is 19.2. The van der Waals surface area contributed by atoms with Gasteiger partial charge in [0.1, 0.15) is 0 Å². The number of anilines is 1. The second-order valence-electron chi connectivity index (χ2n) is 6.42. The van der Waals surface area contributed by atoms with Crippen molar-refractivity contribution in [1.82, 2.24) is 5.32 Å². The molecule has 0 saturated carbocycles. The van der Waals surface area contributed by atoms with Crippen LogP contribution in [0.25, 0.3) is 0 Å². The maximum Gasteiger partial charge on any atom is 0.196 e. The third kappa shape index (κ3) is 3.18. The average Bonchev–Trinajstić information content (AvgIpc) is 2.44. The highest BCUT2D eigenvalue weighted by molar-refractivity contribution is 5.50. The Bertz CT molecular complexity index is 503. The number of hydrogen-bond acceptors (Lipinski definition) is 2. The summed E-state index contributed by atoms with van der Waals surface area (Å²) >= 11 is 0. The van der Waals surface area contributed by atoms with E-state index in [0.717, 1.165) is 6.07 Å². The standard InChI is InChI=1S/C16H23F3N2/c1-9(2)12-8-21(14(7-20-12)10(3)4)13-6-5-11(17)15(18)16(13)19/h5-6,9-10,12,14,20H,7-8H2,1-4H3. The molecule has 1 saturated heterocycles. The first-order chi connectivity index (χ1) is 9.82. The van der Waals surface area contributed by atoms with E-state index < -0.39 is 17.5 Å². The predicted molar refractivity (Wildman–Crippen MR) is 78.9 cm³/mol. The van der Waals surface area contributed by atoms with E-state index in [4.69, 9.17) is 0 Å². The van der Waals surface area contributed by atoms with Gasteiger partial charge in [0, 0.05) is 25.2 Å². The Morgan fingerprint density at radius 1 is 1.05 bits per heavy atom. The van der Waals surface area contributed by atoms with E-state index in [1.165, 1.54) is 6.07 Å². The van der Waals surface area contributed by atoms with E-state index in [-0.39, 0.29) is 23.7 Å². The first-order valence-corrected chi connectivity index (χ1v) is 7.46. The number of halogens is 3. The van der Waals surface area contributed by atoms with Crippen molar-refractivity contribution in [1.29, 1.82) is 0 Å². The predicted octanol–water partition coefficient (Wildman–Crippen LogP) is 3.56. The first kappa shape index (κ1) is 16.1. The third-order valence-corrected chi connectivity index (χ3v) is 4.28. The van der Waals surface area contributed by atoms with Gasteiger partial charge in [0.15, 0.2) is 17.5 Å². The molecule has 0 bridgehead atoms. The molecule has 1 aromatic rings. The lowest BCUT2D eigenvalue weighted by atomic mass is 9.93. The summed E-state index contributed by atoms with van der Waals surface area (Å²) in [4.78, 5) is 1.88. The van der Waals surface area contributed by atoms with Gasteiger partial charge in [-0.3, -0.25) is 0 Å². The molecule has 2 rings (SSSR count). The molecule has 1 aromatic carbocycles. The number of rotatable bonds is 3. The molecule has 0 spiro atoms. The monoisotopic (exact) mass is 300 g/mol. The molecule has 1 N–H and O–H groups in total. The van der Waals surface area contributed by atoms with Crippen LogP contribution in [0.2, 0.25) is 0 Å². The lowest BCUT2D eigenvalue weighted by molar-refractivity contribution is 0.292. The van der Waals surface area contributed by atoms with E-state index in [2.05, 4.69) is 19.2 Å². The van der Waals surface area contributed by atoms with Crippen LogP contribution in [0.4, 0.5) is 18.9 Å². The van der Waals surface area contributed by atoms with Gasteiger partial charge in [-0.2, -0.15) is 0 Å². The van der Waals surface area contributed by atoms with Gasteiger partial charge in [-0.05, 0) is 24.0 Å². The van der Waals surface area contributed by atoms with Crippen molar-refractivity contribution in [2.24, 2.45) is 11.8 Å². The summed E-state index contributed by atoms with van der Waals surface area (Å²) in [5.41, 5.74) is 0.153. The van der Waals surface area contributed by atoms with Gasteiger partial charge < -0.3 is 10.2 Å². The van der Waals surface area contributed by atoms with Gasteiger partial charge in [0.25, 0.3) is 0 Å². The lowest BCUT2D eigenvalue weighted by Gasteiger charge is -2.45. The molecule has 1 fully saturated rings. The summed E-state index contributed by atoms with van der Waals surface area (Å²) in [6, 6.07) is 2.59. The molecule has 2 nitrogen and oxygen atoms in total. The van der Waals surface area contributed by atoms with Crippen molar-refractivity contribution >= 4 is 5.69 Å². The fourth-order valence-corrected chi connectivity index (χ4v) is 2.85. The van der Waals surface area contributed by atoms with Gasteiger partial charge in [0.2, 0.25) is 0 Å². The van der Waals surface area contributed by atoms with Crippen LogP contribution in [0.3, 0.4) is 0 Å². The molecule has 1 aliphatic rings. The summed E-state index contributed by atoms with van der Waals surface area (Å²) in [7, 11) is 0. The normalized spacial score (nSPS) is 23.2. The molecule has 2 atom stereocenters. The maximum absolute atomic E-state index is 14.1. The summed E-state index contributed by atoms with van der Waals surface area (Å²) in [6.45, 7) is 9.57. The molecule has 2 unspecified atom stereocenters. The number of nitrogens with one attached hydrogen (secondary N) is 1. The SMILES string of the molecule is CC(C)C1CN(c2ccc(F)c(F)c2F)C(C(C)C)CN1. The smallest absolute Gasteiger partial charge is 0.196 e. The Balaban J connectivity index is 2.38. The van der Waals surface area contributed by atoms with E-state index in [1.54, 1.807) is 0 Å². The Kier molecular flexibility index (Phi) is 4.81. The van der Waals surface area contributed by atoms with E-state index in [1.807, 2.05) is 18.7 Å². The Morgan fingerprint density at radius 2 is 1.71 bits per heavy atom. The van der Waals surface area contributed by atoms with Gasteiger partial charge in [-0.15, -0.1) is 0 Å². The van der Waals surface area contributed by atoms with Crippen molar-refractivity contribution in [2.75, 3.05) is 18.0 Å². The number of hydrogen-bond donors (Lipinski definition) is 1. The number of benzene rings is 1. The third-order valence-electron chi connectivity index (χ3n) is 4.28. The molecular formula is C16H23F3N2. The maximum atomic E-state index is 14.1. The quantitative estimate of drug-likeness (QED) is 0.859. The van der Waals surface area contributed by atoms with Crippen LogP contribution in [0.1, 0.15) is 27.7 Å². The molecule has 118 valence electrons. The van der Waals surface area contributed by atoms with Gasteiger partial charge in [0.05, 0.1) is 5.69 Å². The topological polar surface area (TPSA) is 15.3 Å². The van der Waals surface area contributed by atoms with Crippen LogP contribution in [0, 0.1) is 29.3 Å². The average molecular weight is 300 g/mol. The van der Waals surface area contributed by atoms with E-state index >= 15 is 0 Å². The fraction of sp³-hybridized carbons (Fsp3) is 0.625. The molecule has 21 heavy (non-hydrogen) atoms. The minimum Gasteiger partial charge on any atom is -0.363 e. The Morgan fingerprint density at radius 3 is 2.29 bits per heavy atom. The lowest BCUT2D eigenvalue weighted by Crippen LogP contribution is -2.60. The van der Waals surface area contributed by atoms with Crippen LogP contribution in [-0.2, 0) is 0 Å². The van der Waals surface area contributed by atoms with Crippen LogP contribution in [0.15, 0.2) is 12.1 Å². The summed E-state index contributed by atoms with van der Waals surface area (Å²) < 4.78 is 40.8. The van der Waals surface area contributed by atoms with Crippen LogP contribution in [-0.4, -0.2) is 25.2 Å². The summed E-state index contributed by atoms with van der Waals surface area (Å²) in [6.07, 6.45) is 0. The number of nitrogens with zero attached hydrogens (tertiary/aromatic N) is 1. The molecule has 0 aromatic heterocycles. The van der Waals surface area contributed by atoms with Crippen molar-refractivity contribution in [3.8, 4) is 0 Å². The fourth-order valence-electron chi connectivity index (χ4n) is 2.85. The van der Waals surface area contributed by atoms with Crippen molar-refractivity contribution in [3.63, 3.8) is 0 Å². The van der Waals surface area contributed by atoms with Crippen LogP contribution >= 0.6 is 0 Å². The van der Waals surface area contributed by atoms with Crippen molar-refractivity contribution in [2.45, 2.75) is 39.8 Å². The zero-order valence-electron chi connectivity index (χ0n) is 13.0. The van der Waals surface area contributed by atoms with Crippen LogP contribution < -0.4 is 10.2 Å². The van der Waals surface area contributed by atoms with Gasteiger partial charge in [-0.1, -0.05) is 27.7 Å².